The zero-order chi connectivity index (χ0) is 12.7. The summed E-state index contributed by atoms with van der Waals surface area (Å²) in [7, 11) is 0. The third-order valence-electron chi connectivity index (χ3n) is 2.42. The molecule has 0 radical (unpaired) electrons. The van der Waals surface area contributed by atoms with Crippen LogP contribution in [0.3, 0.4) is 0 Å². The van der Waals surface area contributed by atoms with Gasteiger partial charge in [-0.3, -0.25) is 0 Å². The number of halogens is 1. The lowest BCUT2D eigenvalue weighted by molar-refractivity contribution is 0.577. The van der Waals surface area contributed by atoms with Gasteiger partial charge >= 0.3 is 0 Å². The second kappa shape index (κ2) is 7.80. The number of nitrogens with one attached hydrogen (secondary N) is 1. The number of pyridine rings is 1. The molecule has 1 aromatic heterocycles. The largest absolute Gasteiger partial charge is 0.383 e. The maximum absolute atomic E-state index is 5.98. The van der Waals surface area contributed by atoms with E-state index >= 15 is 0 Å². The SMILES string of the molecule is CCCNC(CSCC)c1cc(Cl)cnc1N. The van der Waals surface area contributed by atoms with Crippen molar-refractivity contribution in [3.05, 3.63) is 22.8 Å². The first-order chi connectivity index (χ1) is 8.19. The van der Waals surface area contributed by atoms with Gasteiger partial charge in [-0.1, -0.05) is 25.4 Å². The average Bonchev–Trinajstić information content (AvgIpc) is 2.33. The molecule has 1 atom stereocenters. The first-order valence-electron chi connectivity index (χ1n) is 5.91. The number of thioether (sulfide) groups is 1. The molecule has 3 nitrogen and oxygen atoms in total. The summed E-state index contributed by atoms with van der Waals surface area (Å²) in [6.45, 7) is 5.28. The minimum Gasteiger partial charge on any atom is -0.383 e. The van der Waals surface area contributed by atoms with Crippen molar-refractivity contribution in [2.75, 3.05) is 23.8 Å². The highest BCUT2D eigenvalue weighted by Gasteiger charge is 2.14. The molecule has 17 heavy (non-hydrogen) atoms. The van der Waals surface area contributed by atoms with Crippen LogP contribution in [-0.4, -0.2) is 23.0 Å². The lowest BCUT2D eigenvalue weighted by Gasteiger charge is -2.19. The molecule has 0 amide bonds. The van der Waals surface area contributed by atoms with Gasteiger partial charge in [0.2, 0.25) is 0 Å². The minimum atomic E-state index is 0.228. The number of nitrogens with zero attached hydrogens (tertiary/aromatic N) is 1. The van der Waals surface area contributed by atoms with Gasteiger partial charge in [-0.2, -0.15) is 11.8 Å². The van der Waals surface area contributed by atoms with Crippen LogP contribution in [0, 0.1) is 0 Å². The Balaban J connectivity index is 2.82. The molecule has 0 aromatic carbocycles. The molecule has 0 spiro atoms. The summed E-state index contributed by atoms with van der Waals surface area (Å²) in [5.74, 6) is 2.65. The first-order valence-corrected chi connectivity index (χ1v) is 7.44. The van der Waals surface area contributed by atoms with Crippen molar-refractivity contribution in [2.24, 2.45) is 0 Å². The Kier molecular flexibility index (Phi) is 6.70. The summed E-state index contributed by atoms with van der Waals surface area (Å²) in [5, 5.41) is 4.13. The fraction of sp³-hybridized carbons (Fsp3) is 0.583. The third kappa shape index (κ3) is 4.74. The highest BCUT2D eigenvalue weighted by molar-refractivity contribution is 7.99. The van der Waals surface area contributed by atoms with Crippen LogP contribution < -0.4 is 11.1 Å². The molecule has 0 aliphatic heterocycles. The fourth-order valence-electron chi connectivity index (χ4n) is 1.56. The van der Waals surface area contributed by atoms with E-state index in [1.54, 1.807) is 6.20 Å². The fourth-order valence-corrected chi connectivity index (χ4v) is 2.49. The molecule has 1 heterocycles. The molecule has 96 valence electrons. The van der Waals surface area contributed by atoms with Crippen LogP contribution in [0.15, 0.2) is 12.3 Å². The standard InChI is InChI=1S/C12H20ClN3S/c1-3-5-15-11(8-17-4-2)10-6-9(13)7-16-12(10)14/h6-7,11,15H,3-5,8H2,1-2H3,(H2,14,16). The predicted octanol–water partition coefficient (Wildman–Crippen LogP) is 3.11. The van der Waals surface area contributed by atoms with Crippen molar-refractivity contribution in [3.63, 3.8) is 0 Å². The van der Waals surface area contributed by atoms with Gasteiger partial charge in [0.05, 0.1) is 5.02 Å². The van der Waals surface area contributed by atoms with E-state index in [4.69, 9.17) is 17.3 Å². The smallest absolute Gasteiger partial charge is 0.128 e. The lowest BCUT2D eigenvalue weighted by Crippen LogP contribution is -2.25. The number of aromatic nitrogens is 1. The second-order valence-corrected chi connectivity index (χ2v) is 5.55. The molecule has 0 saturated heterocycles. The molecule has 0 saturated carbocycles. The van der Waals surface area contributed by atoms with E-state index in [0.717, 1.165) is 30.0 Å². The Morgan fingerprint density at radius 2 is 2.29 bits per heavy atom. The Morgan fingerprint density at radius 3 is 2.94 bits per heavy atom. The summed E-state index contributed by atoms with van der Waals surface area (Å²) in [6, 6.07) is 2.14. The summed E-state index contributed by atoms with van der Waals surface area (Å²) in [6.07, 6.45) is 2.69. The van der Waals surface area contributed by atoms with E-state index in [-0.39, 0.29) is 6.04 Å². The van der Waals surface area contributed by atoms with E-state index in [9.17, 15) is 0 Å². The van der Waals surface area contributed by atoms with Gasteiger partial charge in [0, 0.05) is 23.6 Å². The number of rotatable bonds is 7. The van der Waals surface area contributed by atoms with Gasteiger partial charge in [-0.05, 0) is 24.8 Å². The Labute approximate surface area is 113 Å². The van der Waals surface area contributed by atoms with Crippen molar-refractivity contribution in [1.82, 2.24) is 10.3 Å². The van der Waals surface area contributed by atoms with E-state index in [2.05, 4.69) is 24.1 Å². The quantitative estimate of drug-likeness (QED) is 0.802. The van der Waals surface area contributed by atoms with Crippen LogP contribution in [0.25, 0.3) is 0 Å². The van der Waals surface area contributed by atoms with Crippen LogP contribution in [0.1, 0.15) is 31.9 Å². The van der Waals surface area contributed by atoms with E-state index in [0.29, 0.717) is 10.8 Å². The molecule has 0 fully saturated rings. The topological polar surface area (TPSA) is 50.9 Å². The van der Waals surface area contributed by atoms with Crippen LogP contribution in [-0.2, 0) is 0 Å². The molecule has 1 unspecified atom stereocenters. The van der Waals surface area contributed by atoms with E-state index in [1.807, 2.05) is 17.8 Å². The predicted molar refractivity (Wildman–Crippen MR) is 77.7 cm³/mol. The van der Waals surface area contributed by atoms with Crippen LogP contribution in [0.4, 0.5) is 5.82 Å². The maximum atomic E-state index is 5.98. The number of hydrogen-bond donors (Lipinski definition) is 2. The summed E-state index contributed by atoms with van der Waals surface area (Å²) < 4.78 is 0. The minimum absolute atomic E-state index is 0.228. The highest BCUT2D eigenvalue weighted by atomic mass is 35.5. The number of hydrogen-bond acceptors (Lipinski definition) is 4. The number of anilines is 1. The summed E-state index contributed by atoms with van der Waals surface area (Å²) in [4.78, 5) is 4.11. The molecule has 0 aliphatic carbocycles. The molecule has 0 aliphatic rings. The zero-order valence-electron chi connectivity index (χ0n) is 10.4. The van der Waals surface area contributed by atoms with Gasteiger partial charge in [-0.25, -0.2) is 4.98 Å². The highest BCUT2D eigenvalue weighted by Crippen LogP contribution is 2.25. The Morgan fingerprint density at radius 1 is 1.53 bits per heavy atom. The maximum Gasteiger partial charge on any atom is 0.128 e. The van der Waals surface area contributed by atoms with Crippen molar-refractivity contribution in [1.29, 1.82) is 0 Å². The molecular formula is C12H20ClN3S. The Bertz CT molecular complexity index is 339. The molecule has 1 rings (SSSR count). The van der Waals surface area contributed by atoms with Crippen molar-refractivity contribution < 1.29 is 0 Å². The molecule has 5 heteroatoms. The van der Waals surface area contributed by atoms with E-state index in [1.165, 1.54) is 0 Å². The van der Waals surface area contributed by atoms with Gasteiger partial charge in [0.25, 0.3) is 0 Å². The summed E-state index contributed by atoms with van der Waals surface area (Å²) >= 11 is 7.86. The van der Waals surface area contributed by atoms with Gasteiger partial charge < -0.3 is 11.1 Å². The van der Waals surface area contributed by atoms with Crippen molar-refractivity contribution in [3.8, 4) is 0 Å². The number of nitrogens with two attached hydrogens (primary N) is 1. The van der Waals surface area contributed by atoms with Gasteiger partial charge in [0.15, 0.2) is 0 Å². The Hall–Kier alpha value is -0.450. The zero-order valence-corrected chi connectivity index (χ0v) is 11.9. The normalized spacial score (nSPS) is 12.6. The van der Waals surface area contributed by atoms with E-state index < -0.39 is 0 Å². The van der Waals surface area contributed by atoms with Crippen LogP contribution in [0.2, 0.25) is 5.02 Å². The van der Waals surface area contributed by atoms with Gasteiger partial charge in [-0.15, -0.1) is 0 Å². The van der Waals surface area contributed by atoms with Crippen molar-refractivity contribution in [2.45, 2.75) is 26.3 Å². The third-order valence-corrected chi connectivity index (χ3v) is 3.60. The first kappa shape index (κ1) is 14.6. The second-order valence-electron chi connectivity index (χ2n) is 3.79. The molecule has 3 N–H and O–H groups in total. The monoisotopic (exact) mass is 273 g/mol. The van der Waals surface area contributed by atoms with Crippen LogP contribution in [0.5, 0.6) is 0 Å². The molecular weight excluding hydrogens is 254 g/mol. The molecule has 1 aromatic rings. The number of nitrogen functional groups attached to an aromatic ring is 1. The van der Waals surface area contributed by atoms with Crippen LogP contribution >= 0.6 is 23.4 Å². The summed E-state index contributed by atoms with van der Waals surface area (Å²) in [5.41, 5.74) is 6.92. The lowest BCUT2D eigenvalue weighted by atomic mass is 10.1. The average molecular weight is 274 g/mol. The molecule has 0 bridgehead atoms. The van der Waals surface area contributed by atoms with Gasteiger partial charge in [0.1, 0.15) is 5.82 Å². The van der Waals surface area contributed by atoms with Crippen molar-refractivity contribution >= 4 is 29.2 Å².